The maximum atomic E-state index is 11.6. The average Bonchev–Trinajstić information content (AvgIpc) is 2.62. The quantitative estimate of drug-likeness (QED) is 0.359. The Morgan fingerprint density at radius 3 is 2.65 bits per heavy atom. The predicted octanol–water partition coefficient (Wildman–Crippen LogP) is 1.24. The van der Waals surface area contributed by atoms with E-state index >= 15 is 0 Å². The van der Waals surface area contributed by atoms with E-state index in [1.54, 1.807) is 20.8 Å². The fraction of sp³-hybridized carbons (Fsp3) is 0.500. The monoisotopic (exact) mass is 259 g/mol. The maximum Gasteiger partial charge on any atom is 0.345 e. The summed E-state index contributed by atoms with van der Waals surface area (Å²) in [6.45, 7) is 5.38. The lowest BCUT2D eigenvalue weighted by molar-refractivity contribution is -0.380. The van der Waals surface area contributed by atoms with E-state index in [-0.39, 0.29) is 10.1 Å². The summed E-state index contributed by atoms with van der Waals surface area (Å²) in [5, 5.41) is 13.7. The number of carbonyl (C=O) groups is 1. The van der Waals surface area contributed by atoms with Crippen molar-refractivity contribution in [1.29, 1.82) is 0 Å². The Morgan fingerprint density at radius 1 is 1.65 bits per heavy atom. The van der Waals surface area contributed by atoms with Crippen LogP contribution in [0.1, 0.15) is 20.8 Å². The lowest BCUT2D eigenvalue weighted by Gasteiger charge is -2.23. The van der Waals surface area contributed by atoms with Gasteiger partial charge in [-0.15, -0.1) is 0 Å². The number of hydrogen-bond donors (Lipinski definition) is 2. The molecule has 1 heterocycles. The zero-order valence-corrected chi connectivity index (χ0v) is 10.4. The highest BCUT2D eigenvalue weighted by molar-refractivity contribution is 7.18. The third-order valence-corrected chi connectivity index (χ3v) is 2.52. The van der Waals surface area contributed by atoms with Crippen LogP contribution in [0.2, 0.25) is 0 Å². The third-order valence-electron chi connectivity index (χ3n) is 1.57. The smallest absolute Gasteiger partial charge is 0.332 e. The second-order valence-corrected chi connectivity index (χ2v) is 5.28. The van der Waals surface area contributed by atoms with Crippen LogP contribution in [-0.2, 0) is 0 Å². The lowest BCUT2D eigenvalue weighted by Crippen LogP contribution is -2.51. The van der Waals surface area contributed by atoms with Crippen LogP contribution >= 0.6 is 11.3 Å². The van der Waals surface area contributed by atoms with Crippen LogP contribution in [0.15, 0.2) is 6.20 Å². The molecule has 0 fully saturated rings. The number of anilines is 1. The maximum absolute atomic E-state index is 11.6. The normalized spacial score (nSPS) is 11.1. The molecule has 0 aliphatic heterocycles. The Hall–Kier alpha value is -1.74. The van der Waals surface area contributed by atoms with Crippen LogP contribution in [0.5, 0.6) is 0 Å². The van der Waals surface area contributed by atoms with Crippen molar-refractivity contribution in [2.75, 3.05) is 5.01 Å². The molecule has 8 nitrogen and oxygen atoms in total. The van der Waals surface area contributed by atoms with Crippen LogP contribution in [0.3, 0.4) is 0 Å². The number of nitrogens with one attached hydrogen (secondary N) is 1. The minimum absolute atomic E-state index is 0.0680. The molecule has 0 saturated carbocycles. The Balaban J connectivity index is 2.78. The fourth-order valence-corrected chi connectivity index (χ4v) is 1.57. The highest BCUT2D eigenvalue weighted by Crippen LogP contribution is 2.26. The van der Waals surface area contributed by atoms with Gasteiger partial charge < -0.3 is 5.32 Å². The Labute approximate surface area is 102 Å². The van der Waals surface area contributed by atoms with Crippen molar-refractivity contribution in [3.05, 3.63) is 16.3 Å². The second kappa shape index (κ2) is 4.63. The van der Waals surface area contributed by atoms with Crippen LogP contribution in [0, 0.1) is 10.1 Å². The van der Waals surface area contributed by atoms with Crippen molar-refractivity contribution in [3.8, 4) is 0 Å². The molecule has 0 atom stereocenters. The van der Waals surface area contributed by atoms with E-state index in [4.69, 9.17) is 5.84 Å². The molecule has 17 heavy (non-hydrogen) atoms. The molecular formula is C8H13N5O3S. The summed E-state index contributed by atoms with van der Waals surface area (Å²) in [5.41, 5.74) is -0.447. The topological polar surface area (TPSA) is 114 Å². The van der Waals surface area contributed by atoms with Crippen molar-refractivity contribution < 1.29 is 9.72 Å². The van der Waals surface area contributed by atoms with Gasteiger partial charge in [0.2, 0.25) is 5.13 Å². The van der Waals surface area contributed by atoms with Crippen molar-refractivity contribution in [1.82, 2.24) is 10.3 Å². The zero-order valence-electron chi connectivity index (χ0n) is 9.63. The van der Waals surface area contributed by atoms with Crippen LogP contribution in [-0.4, -0.2) is 21.5 Å². The first-order chi connectivity index (χ1) is 7.70. The van der Waals surface area contributed by atoms with E-state index in [9.17, 15) is 14.9 Å². The van der Waals surface area contributed by atoms with Crippen LogP contribution in [0.4, 0.5) is 14.9 Å². The van der Waals surface area contributed by atoms with E-state index in [0.717, 1.165) is 22.5 Å². The van der Waals surface area contributed by atoms with E-state index in [2.05, 4.69) is 10.3 Å². The first-order valence-electron chi connectivity index (χ1n) is 4.68. The molecular weight excluding hydrogens is 246 g/mol. The van der Waals surface area contributed by atoms with E-state index in [1.807, 2.05) is 0 Å². The molecule has 0 aliphatic carbocycles. The highest BCUT2D eigenvalue weighted by atomic mass is 32.1. The van der Waals surface area contributed by atoms with E-state index in [1.165, 1.54) is 0 Å². The number of thiazole rings is 1. The van der Waals surface area contributed by atoms with Gasteiger partial charge in [0.1, 0.15) is 6.20 Å². The van der Waals surface area contributed by atoms with Crippen LogP contribution in [0.25, 0.3) is 0 Å². The van der Waals surface area contributed by atoms with Gasteiger partial charge in [0.25, 0.3) is 0 Å². The average molecular weight is 259 g/mol. The Kier molecular flexibility index (Phi) is 3.63. The number of nitrogens with two attached hydrogens (primary N) is 1. The number of urea groups is 1. The van der Waals surface area contributed by atoms with Crippen molar-refractivity contribution in [2.45, 2.75) is 26.3 Å². The SMILES string of the molecule is CC(C)(C)NC(=O)N(N)c1ncc([N+](=O)[O-])s1. The molecule has 1 aromatic rings. The van der Waals surface area contributed by atoms with Gasteiger partial charge in [-0.2, -0.15) is 0 Å². The summed E-state index contributed by atoms with van der Waals surface area (Å²) < 4.78 is 0. The summed E-state index contributed by atoms with van der Waals surface area (Å²) >= 11 is 0.733. The molecule has 1 aromatic heterocycles. The van der Waals surface area contributed by atoms with Gasteiger partial charge in [-0.1, -0.05) is 0 Å². The van der Waals surface area contributed by atoms with E-state index < -0.39 is 16.5 Å². The second-order valence-electron chi connectivity index (χ2n) is 4.29. The first kappa shape index (κ1) is 13.3. The van der Waals surface area contributed by atoms with Gasteiger partial charge in [0, 0.05) is 5.54 Å². The minimum atomic E-state index is -0.587. The lowest BCUT2D eigenvalue weighted by atomic mass is 10.1. The van der Waals surface area contributed by atoms with Gasteiger partial charge in [-0.25, -0.2) is 20.6 Å². The van der Waals surface area contributed by atoms with Gasteiger partial charge in [0.05, 0.1) is 4.92 Å². The first-order valence-corrected chi connectivity index (χ1v) is 5.49. The predicted molar refractivity (Wildman–Crippen MR) is 63.7 cm³/mol. The fourth-order valence-electron chi connectivity index (χ4n) is 0.920. The van der Waals surface area contributed by atoms with Crippen LogP contribution < -0.4 is 16.2 Å². The molecule has 3 N–H and O–H groups in total. The zero-order chi connectivity index (χ0) is 13.2. The standard InChI is InChI=1S/C8H13N5O3S/c1-8(2,3)11-6(14)12(9)7-10-4-5(17-7)13(15)16/h4H,9H2,1-3H3,(H,11,14). The number of nitrogens with zero attached hydrogens (tertiary/aromatic N) is 3. The molecule has 0 radical (unpaired) electrons. The van der Waals surface area contributed by atoms with Crippen molar-refractivity contribution in [2.24, 2.45) is 5.84 Å². The highest BCUT2D eigenvalue weighted by Gasteiger charge is 2.22. The van der Waals surface area contributed by atoms with Gasteiger partial charge >= 0.3 is 11.0 Å². The number of hydrazine groups is 1. The number of aromatic nitrogens is 1. The van der Waals surface area contributed by atoms with Crippen molar-refractivity contribution in [3.63, 3.8) is 0 Å². The molecule has 1 rings (SSSR count). The number of rotatable bonds is 2. The summed E-state index contributed by atoms with van der Waals surface area (Å²) in [6, 6.07) is -0.568. The number of hydrogen-bond acceptors (Lipinski definition) is 6. The number of nitro groups is 1. The summed E-state index contributed by atoms with van der Waals surface area (Å²) in [5.74, 6) is 5.51. The molecule has 0 saturated heterocycles. The summed E-state index contributed by atoms with van der Waals surface area (Å²) in [4.78, 5) is 25.2. The Morgan fingerprint density at radius 2 is 2.24 bits per heavy atom. The summed E-state index contributed by atoms with van der Waals surface area (Å²) in [7, 11) is 0. The van der Waals surface area contributed by atoms with Crippen molar-refractivity contribution >= 4 is 27.5 Å². The van der Waals surface area contributed by atoms with Gasteiger partial charge in [-0.3, -0.25) is 10.1 Å². The number of amides is 2. The molecule has 0 aliphatic rings. The largest absolute Gasteiger partial charge is 0.345 e. The molecule has 0 bridgehead atoms. The molecule has 2 amide bonds. The molecule has 0 spiro atoms. The third kappa shape index (κ3) is 3.64. The molecule has 0 aromatic carbocycles. The van der Waals surface area contributed by atoms with Gasteiger partial charge in [0.15, 0.2) is 0 Å². The molecule has 0 unspecified atom stereocenters. The van der Waals surface area contributed by atoms with E-state index in [0.29, 0.717) is 0 Å². The Bertz CT molecular complexity index is 439. The molecule has 94 valence electrons. The molecule has 9 heteroatoms. The number of carbonyl (C=O) groups excluding carboxylic acids is 1. The minimum Gasteiger partial charge on any atom is -0.332 e. The van der Waals surface area contributed by atoms with Gasteiger partial charge in [-0.05, 0) is 32.1 Å². The summed E-state index contributed by atoms with van der Waals surface area (Å²) in [6.07, 6.45) is 1.06.